The molecular weight excluding hydrogens is 680 g/mol. The maximum atomic E-state index is 13.7. The van der Waals surface area contributed by atoms with Gasteiger partial charge in [-0.2, -0.15) is 0 Å². The van der Waals surface area contributed by atoms with Gasteiger partial charge < -0.3 is 30.0 Å². The summed E-state index contributed by atoms with van der Waals surface area (Å²) in [5, 5.41) is 24.7. The number of hydrogen-bond donors (Lipinski definition) is 3. The van der Waals surface area contributed by atoms with Crippen molar-refractivity contribution >= 4 is 46.9 Å². The molecule has 274 valence electrons. The summed E-state index contributed by atoms with van der Waals surface area (Å²) in [6.07, 6.45) is 0.216. The van der Waals surface area contributed by atoms with Crippen LogP contribution in [0, 0.1) is 5.92 Å². The lowest BCUT2D eigenvalue weighted by Crippen LogP contribution is -2.62. The molecule has 9 rings (SSSR count). The topological polar surface area (TPSA) is 175 Å². The lowest BCUT2D eigenvalue weighted by molar-refractivity contribution is -0.136. The van der Waals surface area contributed by atoms with E-state index in [0.29, 0.717) is 67.8 Å². The van der Waals surface area contributed by atoms with Gasteiger partial charge in [0.2, 0.25) is 11.8 Å². The van der Waals surface area contributed by atoms with Gasteiger partial charge in [0.05, 0.1) is 28.6 Å². The molecule has 7 heterocycles. The highest BCUT2D eigenvalue weighted by molar-refractivity contribution is 6.23. The van der Waals surface area contributed by atoms with Gasteiger partial charge in [0.25, 0.3) is 11.8 Å². The maximum Gasteiger partial charge on any atom is 0.320 e. The number of urea groups is 1. The highest BCUT2D eigenvalue weighted by Gasteiger charge is 2.45. The number of imide groups is 2. The van der Waals surface area contributed by atoms with Crippen LogP contribution >= 0.6 is 0 Å². The number of nitrogens with zero attached hydrogens (tertiary/aromatic N) is 8. The summed E-state index contributed by atoms with van der Waals surface area (Å²) in [5.74, 6) is -0.705. The summed E-state index contributed by atoms with van der Waals surface area (Å²) >= 11 is 0. The third-order valence-electron chi connectivity index (χ3n) is 11.4. The van der Waals surface area contributed by atoms with Crippen LogP contribution in [-0.4, -0.2) is 149 Å². The van der Waals surface area contributed by atoms with Crippen molar-refractivity contribution in [2.24, 2.45) is 5.92 Å². The number of hydrogen-bond acceptors (Lipinski definition) is 12. The summed E-state index contributed by atoms with van der Waals surface area (Å²) in [6, 6.07) is 13.5. The molecule has 6 aliphatic heterocycles. The van der Waals surface area contributed by atoms with Crippen LogP contribution in [0.25, 0.3) is 11.3 Å². The molecule has 53 heavy (non-hydrogen) atoms. The van der Waals surface area contributed by atoms with Crippen molar-refractivity contribution in [1.82, 2.24) is 35.1 Å². The quantitative estimate of drug-likeness (QED) is 0.320. The predicted molar refractivity (Wildman–Crippen MR) is 193 cm³/mol. The first kappa shape index (κ1) is 33.1. The highest BCUT2D eigenvalue weighted by Crippen LogP contribution is 2.37. The van der Waals surface area contributed by atoms with Gasteiger partial charge in [-0.25, -0.2) is 4.79 Å². The van der Waals surface area contributed by atoms with E-state index in [1.54, 1.807) is 24.3 Å². The zero-order chi connectivity index (χ0) is 36.4. The summed E-state index contributed by atoms with van der Waals surface area (Å²) in [6.45, 7) is 8.07. The predicted octanol–water partition coefficient (Wildman–Crippen LogP) is 1.04. The SMILES string of the molecule is O=C1CCC(N2C(=O)c3ccc(N4CC(CN5CCN(C(=O)N6CCN7c8cc(-c9ccccc9O)nnc8NCC7C6)CC5)C4)cc3C2=O)C(=O)N1. The van der Waals surface area contributed by atoms with Crippen molar-refractivity contribution in [3.8, 4) is 17.0 Å². The van der Waals surface area contributed by atoms with Crippen LogP contribution in [0.5, 0.6) is 5.75 Å². The lowest BCUT2D eigenvalue weighted by Gasteiger charge is -2.48. The van der Waals surface area contributed by atoms with Crippen molar-refractivity contribution in [1.29, 1.82) is 0 Å². The Morgan fingerprint density at radius 2 is 1.60 bits per heavy atom. The fourth-order valence-electron chi connectivity index (χ4n) is 8.52. The summed E-state index contributed by atoms with van der Waals surface area (Å²) < 4.78 is 0. The molecule has 3 aromatic rings. The standard InChI is InChI=1S/C37H40N10O6/c48-31-4-2-1-3-26(31)28-16-30-33(41-40-28)38-17-24-21-44(13-14-46(24)30)37(53)43-11-9-42(10-12-43)18-22-19-45(20-22)23-5-6-25-27(15-23)36(52)47(35(25)51)29-7-8-32(49)39-34(29)50/h1-6,15-16,22,24,29,48H,7-14,17-21H2,(H,38,41)(H,39,49,50). The number of piperidine rings is 1. The number of phenols is 1. The Hall–Kier alpha value is -5.77. The first-order valence-corrected chi connectivity index (χ1v) is 18.2. The molecule has 16 nitrogen and oxygen atoms in total. The van der Waals surface area contributed by atoms with E-state index in [-0.39, 0.29) is 36.2 Å². The largest absolute Gasteiger partial charge is 0.507 e. The van der Waals surface area contributed by atoms with Crippen molar-refractivity contribution in [3.05, 3.63) is 59.7 Å². The van der Waals surface area contributed by atoms with Crippen LogP contribution in [0.3, 0.4) is 0 Å². The molecule has 0 bridgehead atoms. The van der Waals surface area contributed by atoms with Gasteiger partial charge in [-0.05, 0) is 42.8 Å². The van der Waals surface area contributed by atoms with E-state index >= 15 is 0 Å². The van der Waals surface area contributed by atoms with Crippen molar-refractivity contribution in [2.45, 2.75) is 24.9 Å². The van der Waals surface area contributed by atoms with Gasteiger partial charge >= 0.3 is 6.03 Å². The van der Waals surface area contributed by atoms with Crippen molar-refractivity contribution < 1.29 is 29.1 Å². The van der Waals surface area contributed by atoms with Crippen LogP contribution in [0.2, 0.25) is 0 Å². The van der Waals surface area contributed by atoms with E-state index in [1.165, 1.54) is 0 Å². The maximum absolute atomic E-state index is 13.7. The Kier molecular flexibility index (Phi) is 8.13. The summed E-state index contributed by atoms with van der Waals surface area (Å²) in [7, 11) is 0. The lowest BCUT2D eigenvalue weighted by atomic mass is 9.97. The van der Waals surface area contributed by atoms with Gasteiger partial charge in [-0.15, -0.1) is 10.2 Å². The fourth-order valence-corrected chi connectivity index (χ4v) is 8.52. The number of aromatic hydroxyl groups is 1. The first-order valence-electron chi connectivity index (χ1n) is 18.2. The van der Waals surface area contributed by atoms with Crippen LogP contribution in [-0.2, 0) is 9.59 Å². The number of carbonyl (C=O) groups excluding carboxylic acids is 5. The molecular formula is C37H40N10O6. The number of para-hydroxylation sites is 1. The summed E-state index contributed by atoms with van der Waals surface area (Å²) in [4.78, 5) is 75.8. The highest BCUT2D eigenvalue weighted by atomic mass is 16.3. The Morgan fingerprint density at radius 1 is 0.830 bits per heavy atom. The van der Waals surface area contributed by atoms with E-state index in [0.717, 1.165) is 49.0 Å². The van der Waals surface area contributed by atoms with Crippen LogP contribution in [0.15, 0.2) is 48.5 Å². The van der Waals surface area contributed by atoms with Crippen molar-refractivity contribution in [2.75, 3.05) is 87.1 Å². The Balaban J connectivity index is 0.752. The number of rotatable bonds is 5. The van der Waals surface area contributed by atoms with E-state index in [1.807, 2.05) is 34.1 Å². The molecule has 2 unspecified atom stereocenters. The molecule has 1 aromatic heterocycles. The molecule has 2 aromatic carbocycles. The number of benzene rings is 2. The molecule has 0 spiro atoms. The Morgan fingerprint density at radius 3 is 2.40 bits per heavy atom. The van der Waals surface area contributed by atoms with Gasteiger partial charge in [0.15, 0.2) is 5.82 Å². The normalized spacial score (nSPS) is 23.3. The zero-order valence-corrected chi connectivity index (χ0v) is 29.1. The molecule has 3 N–H and O–H groups in total. The molecule has 6 aliphatic rings. The number of piperazine rings is 2. The zero-order valence-electron chi connectivity index (χ0n) is 29.1. The first-order chi connectivity index (χ1) is 25.7. The molecule has 0 radical (unpaired) electrons. The Bertz CT molecular complexity index is 2030. The van der Waals surface area contributed by atoms with Crippen molar-refractivity contribution in [3.63, 3.8) is 0 Å². The number of fused-ring (bicyclic) bond motifs is 4. The number of nitrogens with one attached hydrogen (secondary N) is 2. The number of amides is 6. The number of anilines is 3. The van der Waals surface area contributed by atoms with E-state index in [4.69, 9.17) is 0 Å². The molecule has 0 saturated carbocycles. The molecule has 0 aliphatic carbocycles. The second kappa shape index (κ2) is 13.0. The number of carbonyl (C=O) groups is 5. The van der Waals surface area contributed by atoms with Gasteiger partial charge in [0.1, 0.15) is 11.8 Å². The third-order valence-corrected chi connectivity index (χ3v) is 11.4. The minimum Gasteiger partial charge on any atom is -0.507 e. The number of aromatic nitrogens is 2. The van der Waals surface area contributed by atoms with Gasteiger partial charge in [-0.3, -0.25) is 34.3 Å². The molecule has 2 atom stereocenters. The van der Waals surface area contributed by atoms with Gasteiger partial charge in [0, 0.05) is 95.6 Å². The molecule has 4 saturated heterocycles. The average Bonchev–Trinajstić information content (AvgIpc) is 3.40. The molecule has 16 heteroatoms. The summed E-state index contributed by atoms with van der Waals surface area (Å²) in [5.41, 5.74) is 3.60. The average molecular weight is 721 g/mol. The monoisotopic (exact) mass is 720 g/mol. The minimum absolute atomic E-state index is 0.0773. The molecule has 6 amide bonds. The second-order valence-electron chi connectivity index (χ2n) is 14.7. The van der Waals surface area contributed by atoms with E-state index < -0.39 is 29.7 Å². The minimum atomic E-state index is -0.979. The van der Waals surface area contributed by atoms with E-state index in [9.17, 15) is 29.1 Å². The second-order valence-corrected chi connectivity index (χ2v) is 14.7. The van der Waals surface area contributed by atoms with Crippen LogP contribution < -0.4 is 20.4 Å². The van der Waals surface area contributed by atoms with E-state index in [2.05, 4.69) is 35.5 Å². The smallest absolute Gasteiger partial charge is 0.320 e. The molecule has 4 fully saturated rings. The third kappa shape index (κ3) is 5.86. The van der Waals surface area contributed by atoms with Crippen LogP contribution in [0.1, 0.15) is 33.6 Å². The number of phenolic OH excluding ortho intramolecular Hbond substituents is 1. The van der Waals surface area contributed by atoms with Crippen LogP contribution in [0.4, 0.5) is 22.0 Å². The van der Waals surface area contributed by atoms with Gasteiger partial charge in [-0.1, -0.05) is 12.1 Å². The fraction of sp³-hybridized carbons (Fsp3) is 0.432. The Labute approximate surface area is 305 Å².